The molecular formula is C14H29N3O. The molecule has 1 saturated heterocycles. The summed E-state index contributed by atoms with van der Waals surface area (Å²) in [7, 11) is 0. The number of amides is 1. The van der Waals surface area contributed by atoms with Crippen molar-refractivity contribution in [3.8, 4) is 0 Å². The normalized spacial score (nSPS) is 23.9. The standard InChI is InChI=1S/C14H29N3O/c1-4-11(2)16-14(18)12(3)17-10-6-8-13(17)7-5-9-15/h11-13H,4-10,15H2,1-3H3,(H,16,18). The Bertz CT molecular complexity index is 257. The van der Waals surface area contributed by atoms with E-state index < -0.39 is 0 Å². The minimum absolute atomic E-state index is 0.00993. The summed E-state index contributed by atoms with van der Waals surface area (Å²) in [5.74, 6) is 0.170. The van der Waals surface area contributed by atoms with Crippen LogP contribution >= 0.6 is 0 Å². The molecule has 0 aromatic rings. The van der Waals surface area contributed by atoms with Crippen molar-refractivity contribution in [3.05, 3.63) is 0 Å². The van der Waals surface area contributed by atoms with Crippen LogP contribution in [0.4, 0.5) is 0 Å². The molecule has 3 atom stereocenters. The van der Waals surface area contributed by atoms with Crippen molar-refractivity contribution in [2.45, 2.75) is 71.0 Å². The number of nitrogens with one attached hydrogen (secondary N) is 1. The molecule has 1 amide bonds. The molecule has 0 radical (unpaired) electrons. The zero-order valence-corrected chi connectivity index (χ0v) is 12.1. The Labute approximate surface area is 111 Å². The molecule has 4 heteroatoms. The van der Waals surface area contributed by atoms with Gasteiger partial charge in [0.2, 0.25) is 5.91 Å². The average molecular weight is 255 g/mol. The molecule has 1 fully saturated rings. The van der Waals surface area contributed by atoms with Gasteiger partial charge in [0.05, 0.1) is 6.04 Å². The fourth-order valence-corrected chi connectivity index (χ4v) is 2.65. The summed E-state index contributed by atoms with van der Waals surface area (Å²) in [6.45, 7) is 7.97. The van der Waals surface area contributed by atoms with Crippen LogP contribution in [0.15, 0.2) is 0 Å². The van der Waals surface area contributed by atoms with Gasteiger partial charge in [0.1, 0.15) is 0 Å². The van der Waals surface area contributed by atoms with Gasteiger partial charge < -0.3 is 11.1 Å². The lowest BCUT2D eigenvalue weighted by atomic mass is 10.1. The number of nitrogens with two attached hydrogens (primary N) is 1. The second kappa shape index (κ2) is 7.74. The summed E-state index contributed by atoms with van der Waals surface area (Å²) >= 11 is 0. The molecule has 0 aromatic heterocycles. The second-order valence-electron chi connectivity index (χ2n) is 5.46. The third-order valence-corrected chi connectivity index (χ3v) is 4.04. The molecule has 1 heterocycles. The Kier molecular flexibility index (Phi) is 6.65. The van der Waals surface area contributed by atoms with Crippen molar-refractivity contribution in [2.24, 2.45) is 5.73 Å². The van der Waals surface area contributed by atoms with Gasteiger partial charge >= 0.3 is 0 Å². The molecule has 3 N–H and O–H groups in total. The number of carbonyl (C=O) groups excluding carboxylic acids is 1. The van der Waals surface area contributed by atoms with Gasteiger partial charge in [-0.1, -0.05) is 6.92 Å². The number of carbonyl (C=O) groups is 1. The summed E-state index contributed by atoms with van der Waals surface area (Å²) in [5.41, 5.74) is 5.57. The van der Waals surface area contributed by atoms with Crippen LogP contribution < -0.4 is 11.1 Å². The van der Waals surface area contributed by atoms with E-state index in [4.69, 9.17) is 5.73 Å². The average Bonchev–Trinajstić information content (AvgIpc) is 2.83. The van der Waals surface area contributed by atoms with E-state index in [1.165, 1.54) is 12.8 Å². The lowest BCUT2D eigenvalue weighted by Crippen LogP contribution is -2.49. The van der Waals surface area contributed by atoms with Gasteiger partial charge in [-0.05, 0) is 59.0 Å². The van der Waals surface area contributed by atoms with Crippen LogP contribution in [0, 0.1) is 0 Å². The molecule has 106 valence electrons. The van der Waals surface area contributed by atoms with Gasteiger partial charge in [0.15, 0.2) is 0 Å². The van der Waals surface area contributed by atoms with E-state index in [9.17, 15) is 4.79 Å². The highest BCUT2D eigenvalue weighted by atomic mass is 16.2. The Morgan fingerprint density at radius 3 is 2.83 bits per heavy atom. The van der Waals surface area contributed by atoms with Crippen LogP contribution in [0.25, 0.3) is 0 Å². The predicted molar refractivity (Wildman–Crippen MR) is 75.4 cm³/mol. The fourth-order valence-electron chi connectivity index (χ4n) is 2.65. The van der Waals surface area contributed by atoms with E-state index in [-0.39, 0.29) is 18.0 Å². The molecule has 3 unspecified atom stereocenters. The van der Waals surface area contributed by atoms with Gasteiger partial charge in [0, 0.05) is 12.1 Å². The second-order valence-corrected chi connectivity index (χ2v) is 5.46. The Morgan fingerprint density at radius 1 is 1.50 bits per heavy atom. The fraction of sp³-hybridized carbons (Fsp3) is 0.929. The van der Waals surface area contributed by atoms with E-state index in [1.54, 1.807) is 0 Å². The number of hydrogen-bond acceptors (Lipinski definition) is 3. The van der Waals surface area contributed by atoms with E-state index >= 15 is 0 Å². The Morgan fingerprint density at radius 2 is 2.22 bits per heavy atom. The van der Waals surface area contributed by atoms with Crippen LogP contribution in [-0.4, -0.2) is 42.0 Å². The van der Waals surface area contributed by atoms with E-state index in [2.05, 4.69) is 24.1 Å². The monoisotopic (exact) mass is 255 g/mol. The van der Waals surface area contributed by atoms with Crippen molar-refractivity contribution < 1.29 is 4.79 Å². The van der Waals surface area contributed by atoms with Gasteiger partial charge in [0.25, 0.3) is 0 Å². The molecule has 4 nitrogen and oxygen atoms in total. The van der Waals surface area contributed by atoms with Crippen LogP contribution in [0.3, 0.4) is 0 Å². The molecule has 0 aliphatic carbocycles. The number of nitrogens with zero attached hydrogens (tertiary/aromatic N) is 1. The van der Waals surface area contributed by atoms with Gasteiger partial charge in [-0.25, -0.2) is 0 Å². The maximum absolute atomic E-state index is 12.1. The first-order valence-corrected chi connectivity index (χ1v) is 7.36. The van der Waals surface area contributed by atoms with Crippen molar-refractivity contribution in [3.63, 3.8) is 0 Å². The Balaban J connectivity index is 2.48. The van der Waals surface area contributed by atoms with Gasteiger partial charge in [-0.3, -0.25) is 9.69 Å². The summed E-state index contributed by atoms with van der Waals surface area (Å²) in [4.78, 5) is 14.5. The van der Waals surface area contributed by atoms with E-state index in [1.807, 2.05) is 6.92 Å². The van der Waals surface area contributed by atoms with Gasteiger partial charge in [-0.15, -0.1) is 0 Å². The highest BCUT2D eigenvalue weighted by molar-refractivity contribution is 5.81. The van der Waals surface area contributed by atoms with Crippen LogP contribution in [-0.2, 0) is 4.79 Å². The van der Waals surface area contributed by atoms with Gasteiger partial charge in [-0.2, -0.15) is 0 Å². The summed E-state index contributed by atoms with van der Waals surface area (Å²) in [5, 5.41) is 3.08. The molecule has 1 rings (SSSR count). The molecule has 0 saturated carbocycles. The SMILES string of the molecule is CCC(C)NC(=O)C(C)N1CCCC1CCCN. The summed E-state index contributed by atoms with van der Waals surface area (Å²) in [6.07, 6.45) is 5.57. The van der Waals surface area contributed by atoms with Crippen molar-refractivity contribution in [2.75, 3.05) is 13.1 Å². The van der Waals surface area contributed by atoms with E-state index in [0.717, 1.165) is 32.4 Å². The number of hydrogen-bond donors (Lipinski definition) is 2. The quantitative estimate of drug-likeness (QED) is 0.724. The third kappa shape index (κ3) is 4.25. The molecule has 1 aliphatic heterocycles. The molecule has 18 heavy (non-hydrogen) atoms. The zero-order chi connectivity index (χ0) is 13.5. The predicted octanol–water partition coefficient (Wildman–Crippen LogP) is 1.49. The highest BCUT2D eigenvalue weighted by Crippen LogP contribution is 2.23. The van der Waals surface area contributed by atoms with Crippen molar-refractivity contribution >= 4 is 5.91 Å². The lowest BCUT2D eigenvalue weighted by molar-refractivity contribution is -0.126. The summed E-state index contributed by atoms with van der Waals surface area (Å²) < 4.78 is 0. The van der Waals surface area contributed by atoms with Crippen molar-refractivity contribution in [1.82, 2.24) is 10.2 Å². The minimum Gasteiger partial charge on any atom is -0.352 e. The first-order valence-electron chi connectivity index (χ1n) is 7.36. The highest BCUT2D eigenvalue weighted by Gasteiger charge is 2.31. The first kappa shape index (κ1) is 15.4. The molecular weight excluding hydrogens is 226 g/mol. The minimum atomic E-state index is -0.00993. The maximum Gasteiger partial charge on any atom is 0.237 e. The number of likely N-dealkylation sites (tertiary alicyclic amines) is 1. The van der Waals surface area contributed by atoms with Crippen LogP contribution in [0.5, 0.6) is 0 Å². The Hall–Kier alpha value is -0.610. The third-order valence-electron chi connectivity index (χ3n) is 4.04. The molecule has 1 aliphatic rings. The molecule has 0 bridgehead atoms. The summed E-state index contributed by atoms with van der Waals surface area (Å²) in [6, 6.07) is 0.806. The van der Waals surface area contributed by atoms with E-state index in [0.29, 0.717) is 6.04 Å². The van der Waals surface area contributed by atoms with Crippen LogP contribution in [0.2, 0.25) is 0 Å². The topological polar surface area (TPSA) is 58.4 Å². The largest absolute Gasteiger partial charge is 0.352 e. The maximum atomic E-state index is 12.1. The number of rotatable bonds is 7. The smallest absolute Gasteiger partial charge is 0.237 e. The van der Waals surface area contributed by atoms with Crippen LogP contribution in [0.1, 0.15) is 52.9 Å². The first-order chi connectivity index (χ1) is 8.60. The lowest BCUT2D eigenvalue weighted by Gasteiger charge is -2.30. The zero-order valence-electron chi connectivity index (χ0n) is 12.1. The van der Waals surface area contributed by atoms with Crippen molar-refractivity contribution in [1.29, 1.82) is 0 Å². The molecule has 0 spiro atoms. The molecule has 0 aromatic carbocycles.